The van der Waals surface area contributed by atoms with Gasteiger partial charge in [0.1, 0.15) is 28.5 Å². The van der Waals surface area contributed by atoms with Gasteiger partial charge in [0.2, 0.25) is 0 Å². The molecular formula is C21H14F5N3O4. The van der Waals surface area contributed by atoms with Crippen molar-refractivity contribution in [1.82, 2.24) is 4.98 Å². The Morgan fingerprint density at radius 1 is 1.03 bits per heavy atom. The Morgan fingerprint density at radius 2 is 1.76 bits per heavy atom. The third-order valence-electron chi connectivity index (χ3n) is 4.25. The Kier molecular flexibility index (Phi) is 6.47. The number of halogens is 5. The van der Waals surface area contributed by atoms with Gasteiger partial charge in [-0.25, -0.2) is 8.78 Å². The maximum Gasteiger partial charge on any atom is 0.419 e. The fraction of sp³-hybridized carbons (Fsp3) is 0.0952. The van der Waals surface area contributed by atoms with Crippen molar-refractivity contribution >= 4 is 17.5 Å². The molecule has 0 aliphatic carbocycles. The summed E-state index contributed by atoms with van der Waals surface area (Å²) in [7, 11) is 0.917. The molecule has 0 fully saturated rings. The van der Waals surface area contributed by atoms with Crippen LogP contribution in [0, 0.1) is 11.6 Å². The number of hydrogen-bond donors (Lipinski definition) is 2. The van der Waals surface area contributed by atoms with Gasteiger partial charge in [-0.1, -0.05) is 0 Å². The maximum absolute atomic E-state index is 13.5. The summed E-state index contributed by atoms with van der Waals surface area (Å²) in [6.45, 7) is 0. The van der Waals surface area contributed by atoms with Crippen molar-refractivity contribution in [2.75, 3.05) is 12.4 Å². The molecule has 0 bridgehead atoms. The molecule has 0 radical (unpaired) electrons. The average Bonchev–Trinajstić information content (AvgIpc) is 2.75. The zero-order valence-corrected chi connectivity index (χ0v) is 16.7. The largest absolute Gasteiger partial charge is 0.495 e. The Balaban J connectivity index is 2.10. The number of rotatable bonds is 6. The molecule has 2 aromatic carbocycles. The minimum Gasteiger partial charge on any atom is -0.495 e. The first-order chi connectivity index (χ1) is 15.5. The fourth-order valence-corrected chi connectivity index (χ4v) is 2.80. The Hall–Kier alpha value is -4.22. The first-order valence-corrected chi connectivity index (χ1v) is 8.99. The average molecular weight is 467 g/mol. The molecule has 12 heteroatoms. The van der Waals surface area contributed by atoms with Crippen LogP contribution in [0.2, 0.25) is 0 Å². The lowest BCUT2D eigenvalue weighted by molar-refractivity contribution is -0.138. The van der Waals surface area contributed by atoms with Gasteiger partial charge in [0.25, 0.3) is 11.8 Å². The smallest absolute Gasteiger partial charge is 0.419 e. The van der Waals surface area contributed by atoms with Crippen LogP contribution >= 0.6 is 0 Å². The number of pyridine rings is 1. The van der Waals surface area contributed by atoms with Gasteiger partial charge in [-0.15, -0.1) is 0 Å². The number of hydrogen-bond acceptors (Lipinski definition) is 5. The van der Waals surface area contributed by atoms with E-state index in [1.54, 1.807) is 0 Å². The molecule has 0 spiro atoms. The molecule has 33 heavy (non-hydrogen) atoms. The Labute approximate surface area is 182 Å². The number of aromatic nitrogens is 1. The number of primary amides is 1. The van der Waals surface area contributed by atoms with Gasteiger partial charge in [-0.3, -0.25) is 14.6 Å². The van der Waals surface area contributed by atoms with Gasteiger partial charge in [-0.2, -0.15) is 13.2 Å². The van der Waals surface area contributed by atoms with Crippen molar-refractivity contribution in [2.45, 2.75) is 6.18 Å². The van der Waals surface area contributed by atoms with Crippen LogP contribution in [0.5, 0.6) is 17.2 Å². The number of alkyl halides is 3. The predicted octanol–water partition coefficient (Wildman–Crippen LogP) is 4.53. The molecule has 2 amide bonds. The summed E-state index contributed by atoms with van der Waals surface area (Å²) in [6.07, 6.45) is -3.74. The number of nitrogens with zero attached hydrogens (tertiary/aromatic N) is 1. The summed E-state index contributed by atoms with van der Waals surface area (Å²) in [4.78, 5) is 28.0. The second-order valence-electron chi connectivity index (χ2n) is 6.44. The zero-order chi connectivity index (χ0) is 24.3. The molecule has 0 unspecified atom stereocenters. The van der Waals surface area contributed by atoms with Crippen molar-refractivity contribution in [3.63, 3.8) is 0 Å². The van der Waals surface area contributed by atoms with Crippen molar-refractivity contribution < 1.29 is 41.0 Å². The number of ether oxygens (including phenoxy) is 2. The minimum absolute atomic E-state index is 0.0120. The first-order valence-electron chi connectivity index (χ1n) is 8.99. The normalized spacial score (nSPS) is 11.1. The van der Waals surface area contributed by atoms with Crippen LogP contribution in [-0.2, 0) is 6.18 Å². The SMILES string of the molecule is COc1c(C(F)(F)F)ccc(Oc2ccc(F)c(F)c2)c1C(=O)Nc1ccnc(C(N)=O)c1. The second-order valence-corrected chi connectivity index (χ2v) is 6.44. The van der Waals surface area contributed by atoms with Crippen LogP contribution in [0.1, 0.15) is 26.4 Å². The van der Waals surface area contributed by atoms with E-state index in [2.05, 4.69) is 10.3 Å². The Morgan fingerprint density at radius 3 is 2.36 bits per heavy atom. The summed E-state index contributed by atoms with van der Waals surface area (Å²) in [6, 6.07) is 6.24. The lowest BCUT2D eigenvalue weighted by atomic mass is 10.1. The molecule has 7 nitrogen and oxygen atoms in total. The van der Waals surface area contributed by atoms with E-state index in [1.807, 2.05) is 0 Å². The van der Waals surface area contributed by atoms with Crippen LogP contribution in [0.4, 0.5) is 27.6 Å². The van der Waals surface area contributed by atoms with E-state index < -0.39 is 52.3 Å². The molecule has 0 atom stereocenters. The number of nitrogens with two attached hydrogens (primary N) is 1. The number of amides is 2. The van der Waals surface area contributed by atoms with Crippen LogP contribution in [0.15, 0.2) is 48.7 Å². The van der Waals surface area contributed by atoms with Crippen molar-refractivity contribution in [3.05, 3.63) is 77.1 Å². The van der Waals surface area contributed by atoms with E-state index in [1.165, 1.54) is 6.07 Å². The number of methoxy groups -OCH3 is 1. The number of carbonyl (C=O) groups excluding carboxylic acids is 2. The Bertz CT molecular complexity index is 1230. The molecule has 3 N–H and O–H groups in total. The van der Waals surface area contributed by atoms with E-state index in [9.17, 15) is 31.5 Å². The van der Waals surface area contributed by atoms with E-state index in [-0.39, 0.29) is 17.1 Å². The van der Waals surface area contributed by atoms with Crippen LogP contribution in [-0.4, -0.2) is 23.9 Å². The zero-order valence-electron chi connectivity index (χ0n) is 16.7. The van der Waals surface area contributed by atoms with Gasteiger partial charge in [0, 0.05) is 18.0 Å². The maximum atomic E-state index is 13.5. The van der Waals surface area contributed by atoms with Gasteiger partial charge in [0.15, 0.2) is 11.6 Å². The summed E-state index contributed by atoms with van der Waals surface area (Å²) in [5, 5.41) is 2.31. The topological polar surface area (TPSA) is 104 Å². The number of benzene rings is 2. The fourth-order valence-electron chi connectivity index (χ4n) is 2.80. The lowest BCUT2D eigenvalue weighted by Crippen LogP contribution is -2.18. The number of carbonyl (C=O) groups is 2. The third-order valence-corrected chi connectivity index (χ3v) is 4.25. The molecule has 0 aliphatic heterocycles. The van der Waals surface area contributed by atoms with Crippen molar-refractivity contribution in [2.24, 2.45) is 5.73 Å². The van der Waals surface area contributed by atoms with Crippen LogP contribution < -0.4 is 20.5 Å². The molecule has 0 aliphatic rings. The minimum atomic E-state index is -4.89. The molecule has 0 saturated carbocycles. The molecule has 1 heterocycles. The summed E-state index contributed by atoms with van der Waals surface area (Å²) in [5.74, 6) is -6.05. The summed E-state index contributed by atoms with van der Waals surface area (Å²) < 4.78 is 77.5. The molecule has 0 saturated heterocycles. The summed E-state index contributed by atoms with van der Waals surface area (Å²) in [5.41, 5.74) is 2.95. The molecule has 172 valence electrons. The van der Waals surface area contributed by atoms with E-state index >= 15 is 0 Å². The highest BCUT2D eigenvalue weighted by Crippen LogP contribution is 2.43. The van der Waals surface area contributed by atoms with Crippen molar-refractivity contribution in [1.29, 1.82) is 0 Å². The lowest BCUT2D eigenvalue weighted by Gasteiger charge is -2.19. The van der Waals surface area contributed by atoms with Crippen LogP contribution in [0.3, 0.4) is 0 Å². The summed E-state index contributed by atoms with van der Waals surface area (Å²) >= 11 is 0. The highest BCUT2D eigenvalue weighted by molar-refractivity contribution is 6.09. The second kappa shape index (κ2) is 9.10. The van der Waals surface area contributed by atoms with Crippen LogP contribution in [0.25, 0.3) is 0 Å². The van der Waals surface area contributed by atoms with Crippen molar-refractivity contribution in [3.8, 4) is 17.2 Å². The first kappa shape index (κ1) is 23.4. The monoisotopic (exact) mass is 467 g/mol. The molecule has 3 rings (SSSR count). The van der Waals surface area contributed by atoms with Gasteiger partial charge < -0.3 is 20.5 Å². The predicted molar refractivity (Wildman–Crippen MR) is 105 cm³/mol. The standard InChI is InChI=1S/C21H14F5N3O4/c1-32-18-12(21(24,25)26)3-5-16(33-11-2-4-13(22)14(23)9-11)17(18)20(31)29-10-6-7-28-15(8-10)19(27)30/h2-9H,1H3,(H2,27,30)(H,28,29,31). The highest BCUT2D eigenvalue weighted by Gasteiger charge is 2.38. The quantitative estimate of drug-likeness (QED) is 0.519. The number of nitrogens with one attached hydrogen (secondary N) is 1. The van der Waals surface area contributed by atoms with Gasteiger partial charge >= 0.3 is 6.18 Å². The molecule has 3 aromatic rings. The van der Waals surface area contributed by atoms with Gasteiger partial charge in [0.05, 0.1) is 12.7 Å². The van der Waals surface area contributed by atoms with E-state index in [4.69, 9.17) is 15.2 Å². The number of anilines is 1. The molecular weight excluding hydrogens is 453 g/mol. The third kappa shape index (κ3) is 5.17. The van der Waals surface area contributed by atoms with E-state index in [0.717, 1.165) is 37.6 Å². The molecule has 1 aromatic heterocycles. The van der Waals surface area contributed by atoms with E-state index in [0.29, 0.717) is 12.1 Å². The van der Waals surface area contributed by atoms with Gasteiger partial charge in [-0.05, 0) is 36.4 Å². The highest BCUT2D eigenvalue weighted by atomic mass is 19.4.